The van der Waals surface area contributed by atoms with Crippen molar-refractivity contribution in [3.8, 4) is 0 Å². The van der Waals surface area contributed by atoms with E-state index >= 15 is 0 Å². The van der Waals surface area contributed by atoms with Gasteiger partial charge in [-0.05, 0) is 63.7 Å². The number of esters is 2. The van der Waals surface area contributed by atoms with Crippen LogP contribution in [0.25, 0.3) is 23.5 Å². The summed E-state index contributed by atoms with van der Waals surface area (Å²) in [5, 5.41) is 17.5. The number of ether oxygens (including phenoxy) is 2. The second-order valence-corrected chi connectivity index (χ2v) is 14.0. The quantitative estimate of drug-likeness (QED) is 0.153. The first-order valence-electron chi connectivity index (χ1n) is 17.5. The summed E-state index contributed by atoms with van der Waals surface area (Å²) in [6, 6.07) is -0.790. The van der Waals surface area contributed by atoms with E-state index in [4.69, 9.17) is 29.7 Å². The summed E-state index contributed by atoms with van der Waals surface area (Å²) in [6.45, 7) is 16.0. The minimum atomic E-state index is -1.10. The topological polar surface area (TPSA) is 146 Å². The fourth-order valence-corrected chi connectivity index (χ4v) is 8.31. The number of rotatable bonds is 9. The molecule has 6 atom stereocenters. The number of aliphatic hydroxyl groups excluding tert-OH is 1. The van der Waals surface area contributed by atoms with Gasteiger partial charge in [-0.2, -0.15) is 5.69 Å². The standard InChI is InChI=1S/C40H47N4O6.Mg/c1-9-23-20(5)27-15-31-24(10-2)26(18-45)32(42-31)16-28-21(6)25(11-12-33(46)50-14-13-19(3)4)37(43-28)35-36(40(48)49-8)39(47)34-22(7)29(44-38(34)35)17-30(23)41-27;/h10,13,15,17,21,25,28,35-37,45H,2,9,11-12,14,16,18H2,1,3-8H3,(H,44,47);/q-3;+2/p-1/b27-15-,30-17-;/t21-,25-,28?,35?,36+,37?;/m0./s1. The van der Waals surface area contributed by atoms with Crippen LogP contribution in [0.4, 0.5) is 0 Å². The molecule has 1 N–H and O–H groups in total. The molecular weight excluding hydrogens is 657 g/mol. The summed E-state index contributed by atoms with van der Waals surface area (Å²) in [5.41, 5.74) is 8.31. The Kier molecular flexibility index (Phi) is 11.8. The van der Waals surface area contributed by atoms with E-state index < -0.39 is 23.8 Å². The Labute approximate surface area is 315 Å². The van der Waals surface area contributed by atoms with Gasteiger partial charge in [-0.3, -0.25) is 14.4 Å². The van der Waals surface area contributed by atoms with Crippen molar-refractivity contribution in [3.63, 3.8) is 0 Å². The van der Waals surface area contributed by atoms with Crippen LogP contribution in [0.1, 0.15) is 107 Å². The minimum absolute atomic E-state index is 0. The maximum Gasteiger partial charge on any atom is 2.00 e. The average molecular weight is 703 g/mol. The Morgan fingerprint density at radius 2 is 1.78 bits per heavy atom. The number of nitrogens with zero attached hydrogens (tertiary/aromatic N) is 4. The van der Waals surface area contributed by atoms with Gasteiger partial charge in [0, 0.05) is 12.0 Å². The summed E-state index contributed by atoms with van der Waals surface area (Å²) >= 11 is 0. The molecule has 266 valence electrons. The summed E-state index contributed by atoms with van der Waals surface area (Å²) in [4.78, 5) is 55.7. The zero-order valence-corrected chi connectivity index (χ0v) is 32.1. The fraction of sp³-hybridized carbons (Fsp3) is 0.475. The van der Waals surface area contributed by atoms with Crippen molar-refractivity contribution in [1.29, 1.82) is 0 Å². The molecule has 0 aromatic carbocycles. The van der Waals surface area contributed by atoms with Crippen molar-refractivity contribution in [3.05, 3.63) is 90.4 Å². The van der Waals surface area contributed by atoms with Gasteiger partial charge in [0.2, 0.25) is 0 Å². The first-order valence-corrected chi connectivity index (χ1v) is 17.5. The van der Waals surface area contributed by atoms with Crippen molar-refractivity contribution in [2.24, 2.45) is 17.8 Å². The van der Waals surface area contributed by atoms with Gasteiger partial charge in [0.15, 0.2) is 5.78 Å². The summed E-state index contributed by atoms with van der Waals surface area (Å²) in [5.74, 6) is -3.27. The molecule has 51 heavy (non-hydrogen) atoms. The van der Waals surface area contributed by atoms with Gasteiger partial charge < -0.3 is 34.8 Å². The average Bonchev–Trinajstić information content (AvgIpc) is 3.83. The van der Waals surface area contributed by atoms with Crippen LogP contribution < -0.4 is 25.7 Å². The predicted octanol–water partition coefficient (Wildman–Crippen LogP) is 3.44. The van der Waals surface area contributed by atoms with E-state index in [2.05, 4.69) is 20.4 Å². The van der Waals surface area contributed by atoms with Gasteiger partial charge in [-0.1, -0.05) is 79.2 Å². The number of methoxy groups -OCH3 is 1. The number of Topliss-reactive ketones (excluding diaryl/α,β-unsaturated/α-hetero) is 1. The fourth-order valence-electron chi connectivity index (χ4n) is 8.31. The number of hydrogen-bond donors (Lipinski definition) is 1. The molecule has 8 bridgehead atoms. The third-order valence-corrected chi connectivity index (χ3v) is 11.0. The van der Waals surface area contributed by atoms with E-state index in [-0.39, 0.29) is 72.3 Å². The maximum absolute atomic E-state index is 14.2. The Balaban J connectivity index is 0.00000504. The molecule has 0 spiro atoms. The van der Waals surface area contributed by atoms with Gasteiger partial charge >= 0.3 is 35.0 Å². The predicted molar refractivity (Wildman–Crippen MR) is 196 cm³/mol. The van der Waals surface area contributed by atoms with Crippen LogP contribution in [-0.2, 0) is 38.5 Å². The second-order valence-electron chi connectivity index (χ2n) is 14.0. The van der Waals surface area contributed by atoms with Crippen molar-refractivity contribution < 1.29 is 29.0 Å². The molecule has 11 heteroatoms. The first-order chi connectivity index (χ1) is 23.9. The first kappa shape index (κ1) is 38.6. The number of carbonyl (C=O) groups excluding carboxylic acids is 3. The monoisotopic (exact) mass is 702 g/mol. The zero-order valence-electron chi connectivity index (χ0n) is 30.7. The number of allylic oxidation sites excluding steroid dienone is 1. The molecule has 1 aliphatic carbocycles. The van der Waals surface area contributed by atoms with Crippen molar-refractivity contribution >= 4 is 59.0 Å². The van der Waals surface area contributed by atoms with Gasteiger partial charge in [0.05, 0.1) is 13.7 Å². The van der Waals surface area contributed by atoms with Crippen LogP contribution >= 0.6 is 0 Å². The molecule has 6 rings (SSSR count). The number of aromatic nitrogens is 3. The molecule has 3 aromatic rings. The summed E-state index contributed by atoms with van der Waals surface area (Å²) in [6.07, 6.45) is 9.22. The normalized spacial score (nSPS) is 24.5. The molecule has 3 aliphatic rings. The Hall–Kier alpha value is -3.64. The maximum atomic E-state index is 14.2. The third kappa shape index (κ3) is 6.85. The van der Waals surface area contributed by atoms with Gasteiger partial charge in [-0.15, -0.1) is 39.9 Å². The molecule has 1 fully saturated rings. The van der Waals surface area contributed by atoms with Crippen molar-refractivity contribution in [2.75, 3.05) is 13.7 Å². The molecule has 1 saturated heterocycles. The van der Waals surface area contributed by atoms with Crippen molar-refractivity contribution in [1.82, 2.24) is 15.0 Å². The molecule has 3 unspecified atom stereocenters. The smallest absolute Gasteiger partial charge is 0.661 e. The van der Waals surface area contributed by atoms with E-state index in [9.17, 15) is 19.5 Å². The van der Waals surface area contributed by atoms with E-state index in [0.29, 0.717) is 52.3 Å². The number of ketones is 1. The third-order valence-electron chi connectivity index (χ3n) is 11.0. The van der Waals surface area contributed by atoms with Crippen LogP contribution in [0.3, 0.4) is 0 Å². The van der Waals surface area contributed by atoms with Crippen LogP contribution in [0.2, 0.25) is 0 Å². The number of aliphatic hydroxyl groups is 1. The van der Waals surface area contributed by atoms with Crippen LogP contribution in [0.5, 0.6) is 0 Å². The zero-order chi connectivity index (χ0) is 36.0. The van der Waals surface area contributed by atoms with E-state index in [1.54, 1.807) is 6.08 Å². The number of fused-ring (bicyclic) bond motifs is 8. The number of hydrogen-bond acceptors (Lipinski definition) is 6. The molecular formula is C40H46MgN4O6-2. The molecule has 2 aliphatic heterocycles. The summed E-state index contributed by atoms with van der Waals surface area (Å²) < 4.78 is 10.7. The van der Waals surface area contributed by atoms with Crippen LogP contribution in [0.15, 0.2) is 18.2 Å². The molecule has 0 saturated carbocycles. The van der Waals surface area contributed by atoms with Gasteiger partial charge in [0.25, 0.3) is 0 Å². The Morgan fingerprint density at radius 3 is 2.43 bits per heavy atom. The Morgan fingerprint density at radius 1 is 1.06 bits per heavy atom. The van der Waals surface area contributed by atoms with Crippen molar-refractivity contribution in [2.45, 2.75) is 91.8 Å². The molecule has 3 aromatic heterocycles. The minimum Gasteiger partial charge on any atom is -0.661 e. The van der Waals surface area contributed by atoms with E-state index in [1.807, 2.05) is 45.9 Å². The van der Waals surface area contributed by atoms with E-state index in [1.165, 1.54) is 7.11 Å². The second kappa shape index (κ2) is 15.5. The molecule has 0 radical (unpaired) electrons. The summed E-state index contributed by atoms with van der Waals surface area (Å²) in [7, 11) is 1.29. The van der Waals surface area contributed by atoms with E-state index in [0.717, 1.165) is 39.4 Å². The molecule has 5 heterocycles. The number of carbonyl (C=O) groups is 3. The largest absolute Gasteiger partial charge is 2.00 e. The van der Waals surface area contributed by atoms with Crippen LogP contribution in [0, 0.1) is 31.6 Å². The van der Waals surface area contributed by atoms with Crippen LogP contribution in [-0.4, -0.2) is 71.7 Å². The molecule has 0 amide bonds. The molecule has 10 nitrogen and oxygen atoms in total. The Bertz CT molecular complexity index is 2010. The SMILES string of the molecule is C=Cc1c2[n-]c(c1CO)CC1[N-]C(C3c4[n-]c(c(C)c4C(=O)[C@@H]3C(=O)OC)/C=c3\[n-]/c(c(C)c3CC)=C\2)[C@@H](CCC(=O)OCC=C(C)C)[C@@H]1C.[Mg+2]. The van der Waals surface area contributed by atoms with Gasteiger partial charge in [0.1, 0.15) is 12.5 Å². The van der Waals surface area contributed by atoms with Gasteiger partial charge in [-0.25, -0.2) is 0 Å².